The molecule has 1 heterocycles. The lowest BCUT2D eigenvalue weighted by Crippen LogP contribution is -2.45. The number of imide groups is 1. The highest BCUT2D eigenvalue weighted by Crippen LogP contribution is 2.35. The van der Waals surface area contributed by atoms with Crippen LogP contribution in [0.25, 0.3) is 10.8 Å². The van der Waals surface area contributed by atoms with Gasteiger partial charge >= 0.3 is 0 Å². The zero-order valence-electron chi connectivity index (χ0n) is 21.9. The fourth-order valence-corrected chi connectivity index (χ4v) is 5.33. The van der Waals surface area contributed by atoms with Gasteiger partial charge in [-0.05, 0) is 70.6 Å². The van der Waals surface area contributed by atoms with Gasteiger partial charge in [-0.2, -0.15) is 0 Å². The molecule has 36 heavy (non-hydrogen) atoms. The summed E-state index contributed by atoms with van der Waals surface area (Å²) in [7, 11) is 3.77. The fourth-order valence-electron chi connectivity index (χ4n) is 5.33. The normalized spacial score (nSPS) is 16.0. The van der Waals surface area contributed by atoms with E-state index in [1.165, 1.54) is 37.1 Å². The molecule has 0 atom stereocenters. The highest BCUT2D eigenvalue weighted by Gasteiger charge is 2.33. The number of carbonyl (C=O) groups is 2. The second-order valence-corrected chi connectivity index (χ2v) is 9.86. The highest BCUT2D eigenvalue weighted by atomic mass is 16.2. The molecule has 2 aromatic rings. The van der Waals surface area contributed by atoms with Gasteiger partial charge in [-0.1, -0.05) is 32.1 Å². The van der Waals surface area contributed by atoms with Gasteiger partial charge < -0.3 is 14.7 Å². The molecule has 0 aromatic heterocycles. The molecule has 192 valence electrons. The van der Waals surface area contributed by atoms with E-state index in [4.69, 9.17) is 0 Å². The predicted octanol–water partition coefficient (Wildman–Crippen LogP) is 4.63. The lowest BCUT2D eigenvalue weighted by atomic mass is 9.91. The smallest absolute Gasteiger partial charge is 0.261 e. The third-order valence-electron chi connectivity index (χ3n) is 7.48. The van der Waals surface area contributed by atoms with Gasteiger partial charge in [-0.15, -0.1) is 0 Å². The molecule has 2 aliphatic rings. The molecule has 1 fully saturated rings. The molecule has 0 saturated heterocycles. The van der Waals surface area contributed by atoms with Crippen molar-refractivity contribution in [1.29, 1.82) is 0 Å². The van der Waals surface area contributed by atoms with Crippen LogP contribution >= 0.6 is 0 Å². The van der Waals surface area contributed by atoms with E-state index in [9.17, 15) is 9.59 Å². The average Bonchev–Trinajstić information content (AvgIpc) is 2.84. The molecule has 1 saturated carbocycles. The Hall–Kier alpha value is -3.03. The van der Waals surface area contributed by atoms with Crippen molar-refractivity contribution in [3.8, 4) is 0 Å². The number of amides is 2. The number of aliphatic imine (C=N–C) groups is 1. The number of nitrogens with zero attached hydrogens (tertiary/aromatic N) is 5. The van der Waals surface area contributed by atoms with Crippen LogP contribution < -0.4 is 4.90 Å². The maximum Gasteiger partial charge on any atom is 0.261 e. The molecule has 7 heteroatoms. The number of rotatable bonds is 13. The van der Waals surface area contributed by atoms with Gasteiger partial charge in [-0.3, -0.25) is 19.5 Å². The minimum Gasteiger partial charge on any atom is -0.308 e. The molecule has 4 rings (SSSR count). The molecule has 2 amide bonds. The SMILES string of the molecule is C=CN(C=NC)c1ccc2c3c(cccc13)C(=O)N(CCN(C)CCCN(CCC)C1CCC1)C2=O. The molecule has 0 spiro atoms. The highest BCUT2D eigenvalue weighted by molar-refractivity contribution is 6.27. The Morgan fingerprint density at radius 1 is 1.06 bits per heavy atom. The van der Waals surface area contributed by atoms with Crippen molar-refractivity contribution in [2.75, 3.05) is 51.7 Å². The van der Waals surface area contributed by atoms with Crippen LogP contribution in [0.4, 0.5) is 5.69 Å². The lowest BCUT2D eigenvalue weighted by molar-refractivity contribution is 0.0595. The Kier molecular flexibility index (Phi) is 8.54. The van der Waals surface area contributed by atoms with Gasteiger partial charge in [-0.25, -0.2) is 0 Å². The predicted molar refractivity (Wildman–Crippen MR) is 148 cm³/mol. The third kappa shape index (κ3) is 5.22. The first kappa shape index (κ1) is 26.0. The third-order valence-corrected chi connectivity index (χ3v) is 7.48. The summed E-state index contributed by atoms with van der Waals surface area (Å²) in [6.45, 7) is 10.4. The van der Waals surface area contributed by atoms with Crippen molar-refractivity contribution in [1.82, 2.24) is 14.7 Å². The molecule has 0 N–H and O–H groups in total. The molecule has 0 unspecified atom stereocenters. The molecule has 0 bridgehead atoms. The van der Waals surface area contributed by atoms with E-state index in [1.807, 2.05) is 30.3 Å². The topological polar surface area (TPSA) is 59.5 Å². The van der Waals surface area contributed by atoms with Gasteiger partial charge in [0, 0.05) is 54.3 Å². The zero-order chi connectivity index (χ0) is 25.7. The Bertz CT molecular complexity index is 1120. The molecular formula is C29H39N5O2. The Morgan fingerprint density at radius 2 is 1.81 bits per heavy atom. The van der Waals surface area contributed by atoms with Crippen LogP contribution in [0.1, 0.15) is 59.7 Å². The molecule has 1 aliphatic heterocycles. The summed E-state index contributed by atoms with van der Waals surface area (Å²) in [5.74, 6) is -0.450. The van der Waals surface area contributed by atoms with Gasteiger partial charge in [0.05, 0.1) is 12.0 Å². The molecule has 0 radical (unpaired) electrons. The van der Waals surface area contributed by atoms with Crippen LogP contribution in [0.2, 0.25) is 0 Å². The lowest BCUT2D eigenvalue weighted by Gasteiger charge is -2.37. The minimum atomic E-state index is -0.225. The molecular weight excluding hydrogens is 450 g/mol. The van der Waals surface area contributed by atoms with E-state index in [2.05, 4.69) is 35.3 Å². The Labute approximate surface area is 215 Å². The summed E-state index contributed by atoms with van der Waals surface area (Å²) in [4.78, 5) is 39.0. The van der Waals surface area contributed by atoms with Gasteiger partial charge in [0.25, 0.3) is 11.8 Å². The fraction of sp³-hybridized carbons (Fsp3) is 0.483. The number of carbonyl (C=O) groups excluding carboxylic acids is 2. The largest absolute Gasteiger partial charge is 0.308 e. The summed E-state index contributed by atoms with van der Waals surface area (Å²) in [6.07, 6.45) is 9.66. The van der Waals surface area contributed by atoms with Crippen molar-refractivity contribution in [3.63, 3.8) is 0 Å². The second-order valence-electron chi connectivity index (χ2n) is 9.86. The molecule has 1 aliphatic carbocycles. The van der Waals surface area contributed by atoms with E-state index in [-0.39, 0.29) is 11.8 Å². The van der Waals surface area contributed by atoms with Gasteiger partial charge in [0.1, 0.15) is 0 Å². The Morgan fingerprint density at radius 3 is 2.44 bits per heavy atom. The van der Waals surface area contributed by atoms with Crippen LogP contribution in [0.5, 0.6) is 0 Å². The summed E-state index contributed by atoms with van der Waals surface area (Å²) in [6, 6.07) is 10.1. The number of likely N-dealkylation sites (N-methyl/N-ethyl adjacent to an activating group) is 1. The quantitative estimate of drug-likeness (QED) is 0.233. The minimum absolute atomic E-state index is 0.225. The number of benzene rings is 2. The standard InChI is InChI=1S/C29H39N5O2/c1-5-16-33(22-10-7-11-22)18-9-17-31(4)19-20-34-28(35)24-13-8-12-23-26(32(6-2)21-30-3)15-14-25(27(23)24)29(34)36/h6,8,12-15,21-22H,2,5,7,9-11,16-20H2,1,3-4H3. The maximum atomic E-state index is 13.4. The van der Waals surface area contributed by atoms with Crippen molar-refractivity contribution >= 4 is 34.6 Å². The monoisotopic (exact) mass is 489 g/mol. The van der Waals surface area contributed by atoms with E-state index < -0.39 is 0 Å². The number of anilines is 1. The molecule has 2 aromatic carbocycles. The summed E-state index contributed by atoms with van der Waals surface area (Å²) in [5.41, 5.74) is 1.98. The summed E-state index contributed by atoms with van der Waals surface area (Å²) >= 11 is 0. The average molecular weight is 490 g/mol. The van der Waals surface area contributed by atoms with Crippen molar-refractivity contribution in [2.24, 2.45) is 4.99 Å². The second kappa shape index (κ2) is 11.8. The first-order valence-electron chi connectivity index (χ1n) is 13.2. The Balaban J connectivity index is 1.43. The van der Waals surface area contributed by atoms with Gasteiger partial charge in [0.2, 0.25) is 0 Å². The number of hydrogen-bond acceptors (Lipinski definition) is 5. The van der Waals surface area contributed by atoms with Crippen LogP contribution in [-0.2, 0) is 0 Å². The van der Waals surface area contributed by atoms with E-state index >= 15 is 0 Å². The van der Waals surface area contributed by atoms with Crippen LogP contribution in [0, 0.1) is 0 Å². The van der Waals surface area contributed by atoms with Crippen molar-refractivity contribution in [3.05, 3.63) is 54.2 Å². The number of hydrogen-bond donors (Lipinski definition) is 0. The molecule has 7 nitrogen and oxygen atoms in total. The summed E-state index contributed by atoms with van der Waals surface area (Å²) < 4.78 is 0. The van der Waals surface area contributed by atoms with Crippen LogP contribution in [0.3, 0.4) is 0 Å². The van der Waals surface area contributed by atoms with E-state index in [0.29, 0.717) is 29.6 Å². The first-order chi connectivity index (χ1) is 17.5. The zero-order valence-corrected chi connectivity index (χ0v) is 21.9. The van der Waals surface area contributed by atoms with Crippen LogP contribution in [0.15, 0.2) is 48.1 Å². The first-order valence-corrected chi connectivity index (χ1v) is 13.2. The van der Waals surface area contributed by atoms with Crippen molar-refractivity contribution < 1.29 is 9.59 Å². The van der Waals surface area contributed by atoms with Gasteiger partial charge in [0.15, 0.2) is 0 Å². The van der Waals surface area contributed by atoms with E-state index in [1.54, 1.807) is 24.5 Å². The van der Waals surface area contributed by atoms with Crippen molar-refractivity contribution in [2.45, 2.75) is 45.1 Å². The summed E-state index contributed by atoms with van der Waals surface area (Å²) in [5, 5.41) is 1.55. The van der Waals surface area contributed by atoms with Crippen LogP contribution in [-0.4, -0.2) is 85.7 Å². The van der Waals surface area contributed by atoms with E-state index in [0.717, 1.165) is 36.6 Å². The maximum absolute atomic E-state index is 13.4.